The standard InChI is InChI=1S/C29H25ClFN7O4/c1-36(10-11-42-28(41)17-6-5-9-32-14-17)27(40)23-13-19(16-37(23)2)34-29-33-15-18-12-20(26(39)38(3)25(18)35-29)24-21(30)7-4-8-22(24)31/h4-9,12-16H,10-11H2,1-3H3,(H,33,34,35). The first-order valence-electron chi connectivity index (χ1n) is 12.7. The van der Waals surface area contributed by atoms with Gasteiger partial charge in [0.1, 0.15) is 23.8 Å². The van der Waals surface area contributed by atoms with Crippen molar-refractivity contribution in [2.45, 2.75) is 0 Å². The van der Waals surface area contributed by atoms with Gasteiger partial charge in [-0.3, -0.25) is 19.1 Å². The Morgan fingerprint density at radius 2 is 1.95 bits per heavy atom. The Morgan fingerprint density at radius 3 is 2.69 bits per heavy atom. The normalized spacial score (nSPS) is 11.0. The van der Waals surface area contributed by atoms with Crippen LogP contribution in [0.3, 0.4) is 0 Å². The van der Waals surface area contributed by atoms with Gasteiger partial charge in [-0.25, -0.2) is 14.2 Å². The fourth-order valence-corrected chi connectivity index (χ4v) is 4.62. The molecule has 0 aliphatic rings. The van der Waals surface area contributed by atoms with Crippen LogP contribution < -0.4 is 10.9 Å². The van der Waals surface area contributed by atoms with Crippen LogP contribution in [0.15, 0.2) is 72.0 Å². The van der Waals surface area contributed by atoms with Crippen LogP contribution in [0, 0.1) is 5.82 Å². The molecule has 0 aliphatic heterocycles. The Kier molecular flexibility index (Phi) is 7.98. The van der Waals surface area contributed by atoms with Gasteiger partial charge in [-0.05, 0) is 36.4 Å². The molecule has 214 valence electrons. The molecule has 0 saturated heterocycles. The van der Waals surface area contributed by atoms with E-state index >= 15 is 0 Å². The first kappa shape index (κ1) is 28.4. The van der Waals surface area contributed by atoms with E-state index in [2.05, 4.69) is 20.3 Å². The molecular formula is C29H25ClFN7O4. The molecule has 1 aromatic carbocycles. The van der Waals surface area contributed by atoms with Gasteiger partial charge in [-0.15, -0.1) is 0 Å². The summed E-state index contributed by atoms with van der Waals surface area (Å²) in [5, 5.41) is 3.68. The summed E-state index contributed by atoms with van der Waals surface area (Å²) in [7, 11) is 4.86. The zero-order chi connectivity index (χ0) is 30.0. The maximum Gasteiger partial charge on any atom is 0.339 e. The number of amides is 1. The van der Waals surface area contributed by atoms with Crippen LogP contribution in [0.4, 0.5) is 16.0 Å². The number of likely N-dealkylation sites (N-methyl/N-ethyl adjacent to an activating group) is 1. The number of carbonyl (C=O) groups is 2. The lowest BCUT2D eigenvalue weighted by Crippen LogP contribution is -2.31. The largest absolute Gasteiger partial charge is 0.460 e. The SMILES string of the molecule is CN(CCOC(=O)c1cccnc1)C(=O)c1cc(Nc2ncc3cc(-c4c(F)cccc4Cl)c(=O)n(C)c3n2)cn1C. The minimum absolute atomic E-state index is 0.0139. The Hall–Kier alpha value is -5.10. The average Bonchev–Trinajstić information content (AvgIpc) is 3.35. The lowest BCUT2D eigenvalue weighted by Gasteiger charge is -2.17. The van der Waals surface area contributed by atoms with E-state index in [9.17, 15) is 18.8 Å². The summed E-state index contributed by atoms with van der Waals surface area (Å²) in [6.07, 6.45) is 6.17. The average molecular weight is 590 g/mol. The molecule has 4 heterocycles. The molecule has 11 nitrogen and oxygen atoms in total. The number of nitrogens with zero attached hydrogens (tertiary/aromatic N) is 6. The molecule has 1 amide bonds. The fourth-order valence-electron chi connectivity index (χ4n) is 4.35. The van der Waals surface area contributed by atoms with Crippen LogP contribution in [0.25, 0.3) is 22.2 Å². The number of halogens is 2. The number of esters is 1. The van der Waals surface area contributed by atoms with Crippen molar-refractivity contribution in [3.8, 4) is 11.1 Å². The van der Waals surface area contributed by atoms with E-state index < -0.39 is 17.3 Å². The van der Waals surface area contributed by atoms with Crippen molar-refractivity contribution in [1.29, 1.82) is 0 Å². The molecule has 5 rings (SSSR count). The highest BCUT2D eigenvalue weighted by Crippen LogP contribution is 2.30. The number of nitrogens with one attached hydrogen (secondary N) is 1. The molecule has 0 aliphatic carbocycles. The zero-order valence-corrected chi connectivity index (χ0v) is 23.6. The monoisotopic (exact) mass is 589 g/mol. The van der Waals surface area contributed by atoms with Crippen LogP contribution in [-0.2, 0) is 18.8 Å². The van der Waals surface area contributed by atoms with Crippen molar-refractivity contribution in [1.82, 2.24) is 29.0 Å². The third-order valence-electron chi connectivity index (χ3n) is 6.56. The molecule has 5 aromatic rings. The summed E-state index contributed by atoms with van der Waals surface area (Å²) in [5.41, 5.74) is 1.20. The van der Waals surface area contributed by atoms with Crippen LogP contribution in [-0.4, -0.2) is 61.1 Å². The Bertz CT molecular complexity index is 1850. The second-order valence-corrected chi connectivity index (χ2v) is 9.85. The van der Waals surface area contributed by atoms with Gasteiger partial charge in [0.2, 0.25) is 5.95 Å². The van der Waals surface area contributed by atoms with Gasteiger partial charge < -0.3 is 19.5 Å². The third-order valence-corrected chi connectivity index (χ3v) is 6.88. The van der Waals surface area contributed by atoms with Crippen molar-refractivity contribution < 1.29 is 18.7 Å². The van der Waals surface area contributed by atoms with E-state index in [4.69, 9.17) is 16.3 Å². The van der Waals surface area contributed by atoms with Gasteiger partial charge in [-0.2, -0.15) is 4.98 Å². The molecule has 1 N–H and O–H groups in total. The van der Waals surface area contributed by atoms with E-state index in [1.54, 1.807) is 49.3 Å². The predicted octanol–water partition coefficient (Wildman–Crippen LogP) is 4.19. The number of aromatic nitrogens is 5. The van der Waals surface area contributed by atoms with Crippen molar-refractivity contribution in [3.05, 3.63) is 99.7 Å². The molecule has 42 heavy (non-hydrogen) atoms. The van der Waals surface area contributed by atoms with Crippen molar-refractivity contribution in [3.63, 3.8) is 0 Å². The molecule has 4 aromatic heterocycles. The summed E-state index contributed by atoms with van der Waals surface area (Å²) in [6.45, 7) is 0.195. The van der Waals surface area contributed by atoms with E-state index in [0.29, 0.717) is 28.0 Å². The Labute approximate surface area is 244 Å². The molecule has 0 saturated carbocycles. The lowest BCUT2D eigenvalue weighted by molar-refractivity contribution is 0.0450. The van der Waals surface area contributed by atoms with Crippen LogP contribution in [0.5, 0.6) is 0 Å². The second-order valence-electron chi connectivity index (χ2n) is 9.45. The van der Waals surface area contributed by atoms with E-state index in [1.807, 2.05) is 0 Å². The number of hydrogen-bond donors (Lipinski definition) is 1. The smallest absolute Gasteiger partial charge is 0.339 e. The Morgan fingerprint density at radius 1 is 1.14 bits per heavy atom. The van der Waals surface area contributed by atoms with Gasteiger partial charge in [0.15, 0.2) is 0 Å². The quantitative estimate of drug-likeness (QED) is 0.267. The van der Waals surface area contributed by atoms with Crippen molar-refractivity contribution in [2.24, 2.45) is 14.1 Å². The summed E-state index contributed by atoms with van der Waals surface area (Å²) in [4.78, 5) is 52.4. The van der Waals surface area contributed by atoms with Gasteiger partial charge in [-0.1, -0.05) is 17.7 Å². The maximum absolute atomic E-state index is 14.5. The lowest BCUT2D eigenvalue weighted by atomic mass is 10.1. The molecular weight excluding hydrogens is 565 g/mol. The van der Waals surface area contributed by atoms with E-state index in [0.717, 1.165) is 0 Å². The number of hydrogen-bond acceptors (Lipinski definition) is 8. The number of benzene rings is 1. The van der Waals surface area contributed by atoms with Gasteiger partial charge in [0.05, 0.1) is 28.4 Å². The molecule has 0 unspecified atom stereocenters. The number of carbonyl (C=O) groups excluding carboxylic acids is 2. The number of pyridine rings is 2. The predicted molar refractivity (Wildman–Crippen MR) is 155 cm³/mol. The number of anilines is 2. The summed E-state index contributed by atoms with van der Waals surface area (Å²) in [6, 6.07) is 10.6. The van der Waals surface area contributed by atoms with Crippen LogP contribution in [0.1, 0.15) is 20.8 Å². The van der Waals surface area contributed by atoms with Gasteiger partial charge in [0, 0.05) is 56.9 Å². The van der Waals surface area contributed by atoms with E-state index in [-0.39, 0.29) is 41.2 Å². The molecule has 0 radical (unpaired) electrons. The highest BCUT2D eigenvalue weighted by molar-refractivity contribution is 6.33. The molecule has 13 heteroatoms. The van der Waals surface area contributed by atoms with Crippen molar-refractivity contribution in [2.75, 3.05) is 25.5 Å². The van der Waals surface area contributed by atoms with Gasteiger partial charge >= 0.3 is 5.97 Å². The fraction of sp³-hybridized carbons (Fsp3) is 0.172. The zero-order valence-electron chi connectivity index (χ0n) is 22.8. The summed E-state index contributed by atoms with van der Waals surface area (Å²) in [5.74, 6) is -1.23. The minimum Gasteiger partial charge on any atom is -0.460 e. The molecule has 0 fully saturated rings. The minimum atomic E-state index is -0.607. The molecule has 0 bridgehead atoms. The van der Waals surface area contributed by atoms with Gasteiger partial charge in [0.25, 0.3) is 11.5 Å². The molecule has 0 atom stereocenters. The highest BCUT2D eigenvalue weighted by Gasteiger charge is 2.19. The first-order valence-corrected chi connectivity index (χ1v) is 13.1. The number of fused-ring (bicyclic) bond motifs is 1. The second kappa shape index (κ2) is 11.8. The third kappa shape index (κ3) is 5.70. The molecule has 0 spiro atoms. The van der Waals surface area contributed by atoms with E-state index in [1.165, 1.54) is 53.2 Å². The maximum atomic E-state index is 14.5. The van der Waals surface area contributed by atoms with Crippen LogP contribution >= 0.6 is 11.6 Å². The number of ether oxygens (including phenoxy) is 1. The topological polar surface area (TPSA) is 124 Å². The first-order chi connectivity index (χ1) is 20.1. The van der Waals surface area contributed by atoms with Crippen molar-refractivity contribution >= 4 is 46.1 Å². The Balaban J connectivity index is 1.30. The van der Waals surface area contributed by atoms with Crippen LogP contribution in [0.2, 0.25) is 5.02 Å². The number of rotatable bonds is 8. The number of aryl methyl sites for hydroxylation is 2. The highest BCUT2D eigenvalue weighted by atomic mass is 35.5. The summed E-state index contributed by atoms with van der Waals surface area (Å²) < 4.78 is 22.7. The summed E-state index contributed by atoms with van der Waals surface area (Å²) >= 11 is 6.19.